The minimum Gasteiger partial charge on any atom is -0.358 e. The number of halogens is 1. The number of hydrogen-bond donors (Lipinski definition) is 0. The molecule has 1 atom stereocenters. The highest BCUT2D eigenvalue weighted by Crippen LogP contribution is 2.42. The number of hydrogen-bond acceptors (Lipinski definition) is 3. The number of carbonyl (C=O) groups excluding carboxylic acids is 1. The van der Waals surface area contributed by atoms with Gasteiger partial charge >= 0.3 is 0 Å². The highest BCUT2D eigenvalue weighted by atomic mass is 79.9. The molecule has 15 heavy (non-hydrogen) atoms. The van der Waals surface area contributed by atoms with E-state index in [0.717, 1.165) is 12.8 Å². The lowest BCUT2D eigenvalue weighted by Crippen LogP contribution is -2.27. The van der Waals surface area contributed by atoms with Gasteiger partial charge in [-0.05, 0) is 19.1 Å². The van der Waals surface area contributed by atoms with Gasteiger partial charge in [0.25, 0.3) is 0 Å². The minimum atomic E-state index is 0. The lowest BCUT2D eigenvalue weighted by Gasteiger charge is -2.22. The first-order chi connectivity index (χ1) is 6.83. The molecule has 0 N–H and O–H groups in total. The molecule has 1 aliphatic heterocycles. The van der Waals surface area contributed by atoms with Crippen LogP contribution in [0.1, 0.15) is 13.3 Å². The molecule has 82 valence electrons. The van der Waals surface area contributed by atoms with Crippen LogP contribution >= 0.6 is 28.7 Å². The summed E-state index contributed by atoms with van der Waals surface area (Å²) in [5, 5.41) is 0.451. The lowest BCUT2D eigenvalue weighted by atomic mass is 10.2. The Kier molecular flexibility index (Phi) is 4.67. The van der Waals surface area contributed by atoms with E-state index < -0.39 is 0 Å². The fraction of sp³-hybridized carbons (Fsp3) is 0.364. The summed E-state index contributed by atoms with van der Waals surface area (Å²) in [4.78, 5) is 14.0. The maximum absolute atomic E-state index is 10.3. The van der Waals surface area contributed by atoms with Gasteiger partial charge in [0.05, 0.1) is 11.1 Å². The van der Waals surface area contributed by atoms with Crippen LogP contribution in [0.5, 0.6) is 0 Å². The summed E-state index contributed by atoms with van der Waals surface area (Å²) in [6.45, 7) is 3.00. The molecule has 2 nitrogen and oxygen atoms in total. The van der Waals surface area contributed by atoms with Gasteiger partial charge in [-0.2, -0.15) is 0 Å². The summed E-state index contributed by atoms with van der Waals surface area (Å²) in [5.74, 6) is 0. The fourth-order valence-corrected chi connectivity index (χ4v) is 2.91. The highest BCUT2D eigenvalue weighted by Gasteiger charge is 2.25. The van der Waals surface area contributed by atoms with Gasteiger partial charge in [0.1, 0.15) is 6.29 Å². The molecular weight excluding hydrogens is 274 g/mol. The smallest absolute Gasteiger partial charge is 0.121 e. The van der Waals surface area contributed by atoms with E-state index in [2.05, 4.69) is 30.0 Å². The summed E-state index contributed by atoms with van der Waals surface area (Å²) >= 11 is 1.86. The molecule has 0 saturated heterocycles. The van der Waals surface area contributed by atoms with Crippen LogP contribution in [0.4, 0.5) is 5.69 Å². The highest BCUT2D eigenvalue weighted by molar-refractivity contribution is 8.93. The van der Waals surface area contributed by atoms with Gasteiger partial charge in [0.2, 0.25) is 0 Å². The van der Waals surface area contributed by atoms with Crippen molar-refractivity contribution in [1.29, 1.82) is 0 Å². The van der Waals surface area contributed by atoms with Crippen LogP contribution in [0.2, 0.25) is 0 Å². The SMILES string of the molecule is Br.CC1Sc2ccccc2N1CCC=O. The molecule has 4 heteroatoms. The van der Waals surface area contributed by atoms with Gasteiger partial charge in [0, 0.05) is 17.9 Å². The number of para-hydroxylation sites is 1. The predicted molar refractivity (Wildman–Crippen MR) is 70.1 cm³/mol. The maximum Gasteiger partial charge on any atom is 0.121 e. The molecule has 0 fully saturated rings. The summed E-state index contributed by atoms with van der Waals surface area (Å²) in [7, 11) is 0. The number of thioether (sulfide) groups is 1. The van der Waals surface area contributed by atoms with E-state index in [-0.39, 0.29) is 17.0 Å². The van der Waals surface area contributed by atoms with Crippen molar-refractivity contribution in [3.05, 3.63) is 24.3 Å². The van der Waals surface area contributed by atoms with E-state index >= 15 is 0 Å². The van der Waals surface area contributed by atoms with Crippen LogP contribution in [-0.2, 0) is 4.79 Å². The van der Waals surface area contributed by atoms with Crippen molar-refractivity contribution in [3.63, 3.8) is 0 Å². The normalized spacial score (nSPS) is 18.2. The van der Waals surface area contributed by atoms with Crippen molar-refractivity contribution in [3.8, 4) is 0 Å². The Hall–Kier alpha value is -0.480. The number of carbonyl (C=O) groups is 1. The largest absolute Gasteiger partial charge is 0.358 e. The standard InChI is InChI=1S/C11H13NOS.BrH/c1-9-12(7-4-8-13)10-5-2-3-6-11(10)14-9;/h2-3,5-6,8-9H,4,7H2,1H3;1H. The summed E-state index contributed by atoms with van der Waals surface area (Å²) < 4.78 is 0. The first-order valence-electron chi connectivity index (χ1n) is 4.79. The molecule has 0 aromatic heterocycles. The molecule has 0 bridgehead atoms. The van der Waals surface area contributed by atoms with Crippen LogP contribution in [0, 0.1) is 0 Å². The monoisotopic (exact) mass is 287 g/mol. The van der Waals surface area contributed by atoms with Crippen molar-refractivity contribution < 1.29 is 4.79 Å². The van der Waals surface area contributed by atoms with E-state index in [9.17, 15) is 4.79 Å². The first kappa shape index (κ1) is 12.6. The van der Waals surface area contributed by atoms with Crippen LogP contribution in [0.15, 0.2) is 29.2 Å². The molecule has 0 aliphatic carbocycles. The summed E-state index contributed by atoms with van der Waals surface area (Å²) in [6.07, 6.45) is 1.59. The number of fused-ring (bicyclic) bond motifs is 1. The van der Waals surface area contributed by atoms with Gasteiger partial charge < -0.3 is 9.69 Å². The van der Waals surface area contributed by atoms with Crippen LogP contribution in [-0.4, -0.2) is 18.2 Å². The molecule has 0 saturated carbocycles. The van der Waals surface area contributed by atoms with Gasteiger partial charge in [-0.15, -0.1) is 17.0 Å². The third-order valence-corrected chi connectivity index (χ3v) is 3.59. The van der Waals surface area contributed by atoms with Crippen LogP contribution in [0.25, 0.3) is 0 Å². The number of anilines is 1. The third kappa shape index (κ3) is 2.55. The third-order valence-electron chi connectivity index (χ3n) is 2.40. The Morgan fingerprint density at radius 2 is 2.20 bits per heavy atom. The maximum atomic E-state index is 10.3. The Morgan fingerprint density at radius 3 is 2.93 bits per heavy atom. The molecule has 1 unspecified atom stereocenters. The second-order valence-electron chi connectivity index (χ2n) is 3.33. The fourth-order valence-electron chi connectivity index (χ4n) is 1.73. The first-order valence-corrected chi connectivity index (χ1v) is 5.67. The molecule has 0 spiro atoms. The number of nitrogens with zero attached hydrogens (tertiary/aromatic N) is 1. The molecule has 0 amide bonds. The second-order valence-corrected chi connectivity index (χ2v) is 4.69. The zero-order chi connectivity index (χ0) is 9.97. The topological polar surface area (TPSA) is 20.3 Å². The van der Waals surface area contributed by atoms with Crippen molar-refractivity contribution >= 4 is 40.7 Å². The van der Waals surface area contributed by atoms with E-state index in [1.165, 1.54) is 10.6 Å². The van der Waals surface area contributed by atoms with E-state index in [1.807, 2.05) is 17.8 Å². The summed E-state index contributed by atoms with van der Waals surface area (Å²) in [5.41, 5.74) is 1.27. The van der Waals surface area contributed by atoms with Gasteiger partial charge in [0.15, 0.2) is 0 Å². The molecule has 2 rings (SSSR count). The Balaban J connectivity index is 0.00000112. The number of aldehydes is 1. The second kappa shape index (κ2) is 5.56. The van der Waals surface area contributed by atoms with Crippen molar-refractivity contribution in [2.45, 2.75) is 23.6 Å². The van der Waals surface area contributed by atoms with Gasteiger partial charge in [-0.1, -0.05) is 23.9 Å². The quantitative estimate of drug-likeness (QED) is 0.797. The van der Waals surface area contributed by atoms with Gasteiger partial charge in [-0.25, -0.2) is 0 Å². The molecule has 0 radical (unpaired) electrons. The molecule has 1 heterocycles. The molecule has 1 aromatic carbocycles. The number of rotatable bonds is 3. The Morgan fingerprint density at radius 1 is 1.47 bits per heavy atom. The van der Waals surface area contributed by atoms with E-state index in [4.69, 9.17) is 0 Å². The van der Waals surface area contributed by atoms with Crippen LogP contribution < -0.4 is 4.90 Å². The molecule has 1 aliphatic rings. The zero-order valence-corrected chi connectivity index (χ0v) is 11.1. The lowest BCUT2D eigenvalue weighted by molar-refractivity contribution is -0.107. The number of benzene rings is 1. The molecule has 1 aromatic rings. The van der Waals surface area contributed by atoms with E-state index in [1.54, 1.807) is 0 Å². The van der Waals surface area contributed by atoms with Crippen molar-refractivity contribution in [2.75, 3.05) is 11.4 Å². The minimum absolute atomic E-state index is 0. The average molecular weight is 288 g/mol. The van der Waals surface area contributed by atoms with Crippen molar-refractivity contribution in [1.82, 2.24) is 0 Å². The Labute approximate surface area is 105 Å². The van der Waals surface area contributed by atoms with E-state index in [0.29, 0.717) is 11.8 Å². The van der Waals surface area contributed by atoms with Gasteiger partial charge in [-0.3, -0.25) is 0 Å². The summed E-state index contributed by atoms with van der Waals surface area (Å²) in [6, 6.07) is 8.36. The average Bonchev–Trinajstić information content (AvgIpc) is 2.51. The Bertz CT molecular complexity index is 345. The van der Waals surface area contributed by atoms with Crippen LogP contribution in [0.3, 0.4) is 0 Å². The van der Waals surface area contributed by atoms with Crippen molar-refractivity contribution in [2.24, 2.45) is 0 Å². The predicted octanol–water partition coefficient (Wildman–Crippen LogP) is 3.11. The zero-order valence-electron chi connectivity index (χ0n) is 8.55. The molecular formula is C11H14BrNOS.